The molecule has 3 aliphatic heterocycles. The summed E-state index contributed by atoms with van der Waals surface area (Å²) in [7, 11) is 0. The maximum Gasteiger partial charge on any atom is 0.306 e. The van der Waals surface area contributed by atoms with Crippen LogP contribution >= 0.6 is 0 Å². The number of piperidine rings is 2. The molecule has 162 valence electrons. The average molecular weight is 412 g/mol. The number of aromatic hydroxyl groups is 1. The Morgan fingerprint density at radius 2 is 2.07 bits per heavy atom. The number of phenolic OH excluding ortho intramolecular Hbond substituents is 1. The van der Waals surface area contributed by atoms with Crippen molar-refractivity contribution in [1.82, 2.24) is 4.90 Å². The smallest absolute Gasteiger partial charge is 0.306 e. The zero-order valence-electron chi connectivity index (χ0n) is 17.9. The van der Waals surface area contributed by atoms with Gasteiger partial charge in [0.1, 0.15) is 17.5 Å². The largest absolute Gasteiger partial charge is 0.508 e. The van der Waals surface area contributed by atoms with Crippen molar-refractivity contribution in [2.45, 2.75) is 81.6 Å². The molecule has 2 saturated carbocycles. The first kappa shape index (κ1) is 19.1. The first-order valence-corrected chi connectivity index (χ1v) is 11.9. The minimum Gasteiger partial charge on any atom is -0.508 e. The van der Waals surface area contributed by atoms with Crippen molar-refractivity contribution in [3.63, 3.8) is 0 Å². The second-order valence-electron chi connectivity index (χ2n) is 10.5. The van der Waals surface area contributed by atoms with E-state index in [1.165, 1.54) is 32.2 Å². The fraction of sp³-hybridized carbons (Fsp3) is 0.720. The SMILES string of the molecule is C[C@@H]1C[C@H]2C[C@H](OC(=O)CCc3ccc(O)cc3)[C@@H]3CCCN4CC[C@H]5O[C@]25[C@]34C1. The standard InChI is InChI=1S/C25H33NO4/c1-16-13-18-14-21(29-23(28)9-6-17-4-7-19(27)8-5-17)20-3-2-11-26-12-10-22-25(18,30-22)24(20,26)15-16/h4-5,7-8,16,18,20-22,27H,2-3,6,9-15H2,1H3/t16-,18+,20+,21+,22-,24+,25-/m1/s1. The number of carbonyl (C=O) groups excluding carboxylic acids is 1. The van der Waals surface area contributed by atoms with E-state index in [2.05, 4.69) is 11.8 Å². The van der Waals surface area contributed by atoms with Gasteiger partial charge in [-0.3, -0.25) is 9.69 Å². The Kier molecular flexibility index (Phi) is 4.27. The van der Waals surface area contributed by atoms with Crippen molar-refractivity contribution in [1.29, 1.82) is 0 Å². The number of hydrogen-bond acceptors (Lipinski definition) is 5. The third-order valence-corrected chi connectivity index (χ3v) is 8.97. The summed E-state index contributed by atoms with van der Waals surface area (Å²) in [4.78, 5) is 15.6. The molecule has 5 aliphatic rings. The average Bonchev–Trinajstić information content (AvgIpc) is 3.46. The van der Waals surface area contributed by atoms with E-state index in [-0.39, 0.29) is 29.0 Å². The maximum atomic E-state index is 12.8. The van der Waals surface area contributed by atoms with Gasteiger partial charge in [-0.2, -0.15) is 0 Å². The summed E-state index contributed by atoms with van der Waals surface area (Å²) in [6.07, 6.45) is 8.45. The van der Waals surface area contributed by atoms with Gasteiger partial charge in [-0.25, -0.2) is 0 Å². The Hall–Kier alpha value is -1.59. The number of rotatable bonds is 4. The van der Waals surface area contributed by atoms with Crippen molar-refractivity contribution in [2.75, 3.05) is 13.1 Å². The highest BCUT2D eigenvalue weighted by molar-refractivity contribution is 5.70. The summed E-state index contributed by atoms with van der Waals surface area (Å²) in [6, 6.07) is 7.11. The lowest BCUT2D eigenvalue weighted by atomic mass is 9.47. The van der Waals surface area contributed by atoms with Gasteiger partial charge in [-0.05, 0) is 81.0 Å². The number of hydrogen-bond donors (Lipinski definition) is 1. The molecule has 2 aliphatic carbocycles. The predicted molar refractivity (Wildman–Crippen MR) is 112 cm³/mol. The number of epoxide rings is 1. The molecule has 5 fully saturated rings. The Labute approximate surface area is 178 Å². The van der Waals surface area contributed by atoms with E-state index in [9.17, 15) is 9.90 Å². The Bertz CT molecular complexity index is 840. The van der Waals surface area contributed by atoms with Crippen LogP contribution in [0, 0.1) is 17.8 Å². The van der Waals surface area contributed by atoms with Gasteiger partial charge < -0.3 is 14.6 Å². The molecule has 2 spiro atoms. The van der Waals surface area contributed by atoms with Gasteiger partial charge in [0.05, 0.1) is 11.6 Å². The molecule has 0 unspecified atom stereocenters. The molecule has 3 heterocycles. The molecule has 0 amide bonds. The molecule has 6 rings (SSSR count). The van der Waals surface area contributed by atoms with Gasteiger partial charge in [0.15, 0.2) is 0 Å². The zero-order valence-corrected chi connectivity index (χ0v) is 17.9. The minimum atomic E-state index is -0.0762. The summed E-state index contributed by atoms with van der Waals surface area (Å²) in [6.45, 7) is 4.73. The van der Waals surface area contributed by atoms with E-state index < -0.39 is 0 Å². The topological polar surface area (TPSA) is 62.3 Å². The van der Waals surface area contributed by atoms with Crippen LogP contribution in [-0.2, 0) is 20.7 Å². The number of phenols is 1. The molecule has 3 saturated heterocycles. The second kappa shape index (κ2) is 6.70. The normalized spacial score (nSPS) is 44.0. The summed E-state index contributed by atoms with van der Waals surface area (Å²) >= 11 is 0. The Morgan fingerprint density at radius 3 is 2.90 bits per heavy atom. The molecule has 2 bridgehead atoms. The van der Waals surface area contributed by atoms with Crippen molar-refractivity contribution < 1.29 is 19.4 Å². The number of ether oxygens (including phenoxy) is 2. The second-order valence-corrected chi connectivity index (χ2v) is 10.5. The van der Waals surface area contributed by atoms with Gasteiger partial charge in [-0.15, -0.1) is 0 Å². The predicted octanol–water partition coefficient (Wildman–Crippen LogP) is 3.68. The quantitative estimate of drug-likeness (QED) is 0.605. The lowest BCUT2D eigenvalue weighted by Crippen LogP contribution is -2.77. The number of nitrogens with zero attached hydrogens (tertiary/aromatic N) is 1. The minimum absolute atomic E-state index is 0.0335. The lowest BCUT2D eigenvalue weighted by Gasteiger charge is -2.66. The first-order valence-electron chi connectivity index (χ1n) is 11.9. The van der Waals surface area contributed by atoms with Crippen LogP contribution in [0.3, 0.4) is 0 Å². The van der Waals surface area contributed by atoms with E-state index in [1.807, 2.05) is 12.1 Å². The van der Waals surface area contributed by atoms with Gasteiger partial charge >= 0.3 is 5.97 Å². The Balaban J connectivity index is 1.22. The van der Waals surface area contributed by atoms with Gasteiger partial charge in [0.25, 0.3) is 0 Å². The fourth-order valence-corrected chi connectivity index (χ4v) is 8.06. The van der Waals surface area contributed by atoms with Crippen LogP contribution in [0.2, 0.25) is 0 Å². The van der Waals surface area contributed by atoms with Crippen LogP contribution in [0.5, 0.6) is 5.75 Å². The molecule has 0 aromatic heterocycles. The van der Waals surface area contributed by atoms with Crippen LogP contribution in [0.1, 0.15) is 57.4 Å². The molecule has 7 atom stereocenters. The monoisotopic (exact) mass is 411 g/mol. The maximum absolute atomic E-state index is 12.8. The van der Waals surface area contributed by atoms with Gasteiger partial charge in [-0.1, -0.05) is 19.1 Å². The molecule has 1 aromatic rings. The van der Waals surface area contributed by atoms with E-state index in [4.69, 9.17) is 9.47 Å². The molecular weight excluding hydrogens is 378 g/mol. The summed E-state index contributed by atoms with van der Waals surface area (Å²) < 4.78 is 12.8. The van der Waals surface area contributed by atoms with Crippen LogP contribution in [0.4, 0.5) is 0 Å². The van der Waals surface area contributed by atoms with Crippen LogP contribution < -0.4 is 0 Å². The lowest BCUT2D eigenvalue weighted by molar-refractivity contribution is -0.206. The fourth-order valence-electron chi connectivity index (χ4n) is 8.06. The van der Waals surface area contributed by atoms with Crippen molar-refractivity contribution in [2.24, 2.45) is 17.8 Å². The van der Waals surface area contributed by atoms with E-state index in [0.29, 0.717) is 30.8 Å². The van der Waals surface area contributed by atoms with Crippen LogP contribution in [0.25, 0.3) is 0 Å². The molecule has 0 radical (unpaired) electrons. The molecule has 5 nitrogen and oxygen atoms in total. The summed E-state index contributed by atoms with van der Waals surface area (Å²) in [5, 5.41) is 9.44. The summed E-state index contributed by atoms with van der Waals surface area (Å²) in [5.74, 6) is 1.84. The molecule has 30 heavy (non-hydrogen) atoms. The van der Waals surface area contributed by atoms with Crippen molar-refractivity contribution in [3.8, 4) is 5.75 Å². The zero-order chi connectivity index (χ0) is 20.5. The number of benzene rings is 1. The number of esters is 1. The molecule has 1 aromatic carbocycles. The van der Waals surface area contributed by atoms with E-state index >= 15 is 0 Å². The van der Waals surface area contributed by atoms with Crippen molar-refractivity contribution >= 4 is 5.97 Å². The highest BCUT2D eigenvalue weighted by Crippen LogP contribution is 2.71. The highest BCUT2D eigenvalue weighted by Gasteiger charge is 2.81. The third kappa shape index (κ3) is 2.57. The first-order chi connectivity index (χ1) is 14.5. The third-order valence-electron chi connectivity index (χ3n) is 8.97. The summed E-state index contributed by atoms with van der Waals surface area (Å²) in [5.41, 5.74) is 1.20. The van der Waals surface area contributed by atoms with Crippen molar-refractivity contribution in [3.05, 3.63) is 29.8 Å². The van der Waals surface area contributed by atoms with Gasteiger partial charge in [0, 0.05) is 18.9 Å². The molecule has 1 N–H and O–H groups in total. The highest BCUT2D eigenvalue weighted by atomic mass is 16.6. The number of aryl methyl sites for hydroxylation is 1. The van der Waals surface area contributed by atoms with Crippen LogP contribution in [-0.4, -0.2) is 52.4 Å². The van der Waals surface area contributed by atoms with E-state index in [0.717, 1.165) is 30.9 Å². The Morgan fingerprint density at radius 1 is 1.23 bits per heavy atom. The molecular formula is C25H33NO4. The number of carbonyl (C=O) groups is 1. The van der Waals surface area contributed by atoms with E-state index in [1.54, 1.807) is 12.1 Å². The van der Waals surface area contributed by atoms with Gasteiger partial charge in [0.2, 0.25) is 0 Å². The molecule has 5 heteroatoms. The van der Waals surface area contributed by atoms with Crippen LogP contribution in [0.15, 0.2) is 24.3 Å².